The minimum Gasteiger partial charge on any atom is -0.508 e. The van der Waals surface area contributed by atoms with Crippen molar-refractivity contribution in [2.75, 3.05) is 7.11 Å². The largest absolute Gasteiger partial charge is 0.508 e. The van der Waals surface area contributed by atoms with Gasteiger partial charge < -0.3 is 20.3 Å². The summed E-state index contributed by atoms with van der Waals surface area (Å²) in [5, 5.41) is 9.22. The highest BCUT2D eigenvalue weighted by Gasteiger charge is 2.18. The van der Waals surface area contributed by atoms with Gasteiger partial charge >= 0.3 is 5.97 Å². The molecule has 2 aromatic rings. The van der Waals surface area contributed by atoms with Crippen molar-refractivity contribution in [1.82, 2.24) is 0 Å². The van der Waals surface area contributed by atoms with Crippen molar-refractivity contribution in [3.63, 3.8) is 0 Å². The van der Waals surface area contributed by atoms with Crippen molar-refractivity contribution in [1.29, 1.82) is 0 Å². The van der Waals surface area contributed by atoms with Crippen LogP contribution in [0.25, 0.3) is 0 Å². The summed E-state index contributed by atoms with van der Waals surface area (Å²) in [7, 11) is 1.50. The quantitative estimate of drug-likeness (QED) is 0.648. The lowest BCUT2D eigenvalue weighted by Crippen LogP contribution is -2.36. The van der Waals surface area contributed by atoms with Crippen LogP contribution in [0.3, 0.4) is 0 Å². The van der Waals surface area contributed by atoms with Crippen LogP contribution in [0.2, 0.25) is 0 Å². The van der Waals surface area contributed by atoms with E-state index in [1.165, 1.54) is 7.11 Å². The summed E-state index contributed by atoms with van der Waals surface area (Å²) >= 11 is 0. The number of esters is 1. The van der Waals surface area contributed by atoms with Crippen LogP contribution in [-0.2, 0) is 11.2 Å². The van der Waals surface area contributed by atoms with Crippen LogP contribution in [0, 0.1) is 0 Å². The maximum absolute atomic E-state index is 12.0. The molecule has 5 heteroatoms. The number of methoxy groups -OCH3 is 1. The molecule has 3 N–H and O–H groups in total. The highest BCUT2D eigenvalue weighted by atomic mass is 16.6. The molecule has 21 heavy (non-hydrogen) atoms. The van der Waals surface area contributed by atoms with E-state index in [-0.39, 0.29) is 5.75 Å². The summed E-state index contributed by atoms with van der Waals surface area (Å²) < 4.78 is 10.4. The molecule has 0 heterocycles. The predicted octanol–water partition coefficient (Wildman–Crippen LogP) is 1.88. The first kappa shape index (κ1) is 14.9. The average Bonchev–Trinajstić information content (AvgIpc) is 2.50. The second-order valence-corrected chi connectivity index (χ2v) is 4.55. The Morgan fingerprint density at radius 2 is 1.76 bits per heavy atom. The lowest BCUT2D eigenvalue weighted by atomic mass is 10.1. The number of rotatable bonds is 5. The number of phenols is 1. The van der Waals surface area contributed by atoms with Gasteiger partial charge in [-0.15, -0.1) is 0 Å². The van der Waals surface area contributed by atoms with Crippen molar-refractivity contribution >= 4 is 5.97 Å². The molecule has 0 saturated carbocycles. The fraction of sp³-hybridized carbons (Fsp3) is 0.188. The lowest BCUT2D eigenvalue weighted by Gasteiger charge is -2.13. The highest BCUT2D eigenvalue weighted by Crippen LogP contribution is 2.26. The Kier molecular flexibility index (Phi) is 4.79. The molecule has 0 unspecified atom stereocenters. The fourth-order valence-corrected chi connectivity index (χ4v) is 1.86. The zero-order valence-electron chi connectivity index (χ0n) is 11.7. The number of para-hydroxylation sites is 2. The Morgan fingerprint density at radius 3 is 2.38 bits per heavy atom. The SMILES string of the molecule is COc1ccccc1OC(=O)[C@@H](N)Cc1ccc(O)cc1. The lowest BCUT2D eigenvalue weighted by molar-refractivity contribution is -0.135. The zero-order chi connectivity index (χ0) is 15.2. The molecule has 0 aliphatic carbocycles. The van der Waals surface area contributed by atoms with Crippen molar-refractivity contribution in [2.45, 2.75) is 12.5 Å². The monoisotopic (exact) mass is 287 g/mol. The maximum atomic E-state index is 12.0. The van der Waals surface area contributed by atoms with E-state index >= 15 is 0 Å². The van der Waals surface area contributed by atoms with Gasteiger partial charge in [-0.25, -0.2) is 4.79 Å². The molecular weight excluding hydrogens is 270 g/mol. The van der Waals surface area contributed by atoms with Gasteiger partial charge in [-0.05, 0) is 36.2 Å². The molecule has 0 aliphatic heterocycles. The molecule has 0 amide bonds. The van der Waals surface area contributed by atoms with Gasteiger partial charge in [0, 0.05) is 0 Å². The summed E-state index contributed by atoms with van der Waals surface area (Å²) in [5.74, 6) is 0.449. The molecule has 110 valence electrons. The van der Waals surface area contributed by atoms with E-state index in [0.29, 0.717) is 17.9 Å². The molecule has 0 radical (unpaired) electrons. The summed E-state index contributed by atoms with van der Waals surface area (Å²) in [6, 6.07) is 12.6. The van der Waals surface area contributed by atoms with Crippen LogP contribution < -0.4 is 15.2 Å². The molecular formula is C16H17NO4. The first-order valence-electron chi connectivity index (χ1n) is 6.48. The van der Waals surface area contributed by atoms with Crippen molar-refractivity contribution in [3.05, 3.63) is 54.1 Å². The van der Waals surface area contributed by atoms with Crippen molar-refractivity contribution < 1.29 is 19.4 Å². The molecule has 1 atom stereocenters. The number of benzene rings is 2. The maximum Gasteiger partial charge on any atom is 0.328 e. The standard InChI is InChI=1S/C16H17NO4/c1-20-14-4-2-3-5-15(14)21-16(19)13(17)10-11-6-8-12(18)9-7-11/h2-9,13,18H,10,17H2,1H3/t13-/m0/s1. The molecule has 0 bridgehead atoms. The molecule has 0 saturated heterocycles. The number of ether oxygens (including phenoxy) is 2. The van der Waals surface area contributed by atoms with Crippen molar-refractivity contribution in [2.24, 2.45) is 5.73 Å². The highest BCUT2D eigenvalue weighted by molar-refractivity contribution is 5.79. The van der Waals surface area contributed by atoms with Gasteiger partial charge in [0.1, 0.15) is 11.8 Å². The molecule has 0 spiro atoms. The normalized spacial score (nSPS) is 11.7. The number of phenolic OH excluding ortho intramolecular Hbond substituents is 1. The third kappa shape index (κ3) is 3.97. The van der Waals surface area contributed by atoms with E-state index in [9.17, 15) is 9.90 Å². The van der Waals surface area contributed by atoms with Crippen LogP contribution in [0.4, 0.5) is 0 Å². The number of hydrogen-bond donors (Lipinski definition) is 2. The number of carbonyl (C=O) groups excluding carboxylic acids is 1. The molecule has 2 aromatic carbocycles. The fourth-order valence-electron chi connectivity index (χ4n) is 1.86. The Morgan fingerprint density at radius 1 is 1.14 bits per heavy atom. The molecule has 0 fully saturated rings. The summed E-state index contributed by atoms with van der Waals surface area (Å²) in [4.78, 5) is 12.0. The second kappa shape index (κ2) is 6.76. The van der Waals surface area contributed by atoms with Gasteiger partial charge in [0.15, 0.2) is 11.5 Å². The van der Waals surface area contributed by atoms with Gasteiger partial charge in [0.2, 0.25) is 0 Å². The topological polar surface area (TPSA) is 81.8 Å². The minimum absolute atomic E-state index is 0.170. The number of hydrogen-bond acceptors (Lipinski definition) is 5. The van der Waals surface area contributed by atoms with Crippen LogP contribution in [0.5, 0.6) is 17.2 Å². The Labute approximate surface area is 122 Å². The molecule has 0 aliphatic rings. The molecule has 5 nitrogen and oxygen atoms in total. The van der Waals surface area contributed by atoms with E-state index in [1.807, 2.05) is 0 Å². The number of carbonyl (C=O) groups is 1. The Hall–Kier alpha value is -2.53. The first-order chi connectivity index (χ1) is 10.1. The summed E-state index contributed by atoms with van der Waals surface area (Å²) in [5.41, 5.74) is 6.69. The Bertz CT molecular complexity index is 610. The van der Waals surface area contributed by atoms with Gasteiger partial charge in [0.05, 0.1) is 7.11 Å². The smallest absolute Gasteiger partial charge is 0.328 e. The van der Waals surface area contributed by atoms with Crippen LogP contribution in [0.15, 0.2) is 48.5 Å². The van der Waals surface area contributed by atoms with E-state index in [1.54, 1.807) is 48.5 Å². The van der Waals surface area contributed by atoms with Crippen LogP contribution >= 0.6 is 0 Å². The van der Waals surface area contributed by atoms with Gasteiger partial charge in [-0.1, -0.05) is 24.3 Å². The van der Waals surface area contributed by atoms with Crippen LogP contribution in [-0.4, -0.2) is 24.2 Å². The number of aromatic hydroxyl groups is 1. The molecule has 0 aromatic heterocycles. The van der Waals surface area contributed by atoms with E-state index in [4.69, 9.17) is 15.2 Å². The van der Waals surface area contributed by atoms with E-state index in [0.717, 1.165) is 5.56 Å². The van der Waals surface area contributed by atoms with Crippen molar-refractivity contribution in [3.8, 4) is 17.2 Å². The van der Waals surface area contributed by atoms with E-state index < -0.39 is 12.0 Å². The summed E-state index contributed by atoms with van der Waals surface area (Å²) in [6.45, 7) is 0. The van der Waals surface area contributed by atoms with Crippen LogP contribution in [0.1, 0.15) is 5.56 Å². The molecule has 2 rings (SSSR count). The van der Waals surface area contributed by atoms with Gasteiger partial charge in [-0.3, -0.25) is 0 Å². The average molecular weight is 287 g/mol. The third-order valence-electron chi connectivity index (χ3n) is 2.97. The van der Waals surface area contributed by atoms with E-state index in [2.05, 4.69) is 0 Å². The minimum atomic E-state index is -0.792. The Balaban J connectivity index is 2.01. The predicted molar refractivity (Wildman–Crippen MR) is 78.4 cm³/mol. The third-order valence-corrected chi connectivity index (χ3v) is 2.97. The summed E-state index contributed by atoms with van der Waals surface area (Å²) in [6.07, 6.45) is 0.328. The van der Waals surface area contributed by atoms with Gasteiger partial charge in [-0.2, -0.15) is 0 Å². The zero-order valence-corrected chi connectivity index (χ0v) is 11.7. The number of nitrogens with two attached hydrogens (primary N) is 1. The second-order valence-electron chi connectivity index (χ2n) is 4.55. The van der Waals surface area contributed by atoms with Gasteiger partial charge in [0.25, 0.3) is 0 Å². The first-order valence-corrected chi connectivity index (χ1v) is 6.48.